The van der Waals surface area contributed by atoms with Crippen molar-refractivity contribution in [3.05, 3.63) is 61.7 Å². The van der Waals surface area contributed by atoms with Gasteiger partial charge in [0.1, 0.15) is 5.75 Å². The van der Waals surface area contributed by atoms with Crippen molar-refractivity contribution < 1.29 is 4.74 Å². The summed E-state index contributed by atoms with van der Waals surface area (Å²) in [6.45, 7) is 0.710. The van der Waals surface area contributed by atoms with Gasteiger partial charge in [-0.3, -0.25) is 0 Å². The molecule has 1 unspecified atom stereocenters. The van der Waals surface area contributed by atoms with Crippen LogP contribution >= 0.6 is 34.2 Å². The first-order chi connectivity index (χ1) is 9.15. The Bertz CT molecular complexity index is 630. The molecule has 1 atom stereocenters. The SMILES string of the molecule is NC(c1cccc(I)c1)c1cc(Cl)cc2c1OCC2. The lowest BCUT2D eigenvalue weighted by molar-refractivity contribution is 0.352. The lowest BCUT2D eigenvalue weighted by Crippen LogP contribution is -2.13. The third-order valence-electron chi connectivity index (χ3n) is 3.32. The van der Waals surface area contributed by atoms with Gasteiger partial charge in [0.25, 0.3) is 0 Å². The molecule has 0 saturated carbocycles. The molecule has 0 bridgehead atoms. The third-order valence-corrected chi connectivity index (χ3v) is 4.21. The fraction of sp³-hybridized carbons (Fsp3) is 0.200. The highest BCUT2D eigenvalue weighted by atomic mass is 127. The first-order valence-corrected chi connectivity index (χ1v) is 7.57. The third kappa shape index (κ3) is 2.59. The van der Waals surface area contributed by atoms with Crippen molar-refractivity contribution in [1.29, 1.82) is 0 Å². The van der Waals surface area contributed by atoms with E-state index < -0.39 is 0 Å². The van der Waals surface area contributed by atoms with Gasteiger partial charge >= 0.3 is 0 Å². The van der Waals surface area contributed by atoms with Crippen LogP contribution < -0.4 is 10.5 Å². The Labute approximate surface area is 131 Å². The maximum atomic E-state index is 6.39. The quantitative estimate of drug-likeness (QED) is 0.795. The van der Waals surface area contributed by atoms with Gasteiger partial charge < -0.3 is 10.5 Å². The zero-order valence-electron chi connectivity index (χ0n) is 10.2. The van der Waals surface area contributed by atoms with Crippen LogP contribution in [0.2, 0.25) is 5.02 Å². The molecule has 0 spiro atoms. The minimum absolute atomic E-state index is 0.208. The van der Waals surface area contributed by atoms with Gasteiger partial charge in [-0.25, -0.2) is 0 Å². The number of hydrogen-bond acceptors (Lipinski definition) is 2. The molecule has 2 N–H and O–H groups in total. The fourth-order valence-corrected chi connectivity index (χ4v) is 3.22. The number of hydrogen-bond donors (Lipinski definition) is 1. The molecule has 0 radical (unpaired) electrons. The van der Waals surface area contributed by atoms with Crippen molar-refractivity contribution in [2.45, 2.75) is 12.5 Å². The second kappa shape index (κ2) is 5.31. The van der Waals surface area contributed by atoms with Crippen LogP contribution in [0.5, 0.6) is 5.75 Å². The standard InChI is InChI=1S/C15H13ClINO/c16-11-6-10-4-5-19-15(10)13(8-11)14(18)9-2-1-3-12(17)7-9/h1-3,6-8,14H,4-5,18H2. The molecule has 1 aliphatic rings. The summed E-state index contributed by atoms with van der Waals surface area (Å²) in [7, 11) is 0. The Balaban J connectivity index is 2.07. The van der Waals surface area contributed by atoms with E-state index in [1.165, 1.54) is 3.57 Å². The zero-order chi connectivity index (χ0) is 13.4. The van der Waals surface area contributed by atoms with E-state index >= 15 is 0 Å². The van der Waals surface area contributed by atoms with Crippen LogP contribution in [-0.4, -0.2) is 6.61 Å². The van der Waals surface area contributed by atoms with Crippen LogP contribution in [0.3, 0.4) is 0 Å². The van der Waals surface area contributed by atoms with Gasteiger partial charge in [0.05, 0.1) is 12.6 Å². The van der Waals surface area contributed by atoms with Crippen LogP contribution in [0.15, 0.2) is 36.4 Å². The summed E-state index contributed by atoms with van der Waals surface area (Å²) in [5, 5.41) is 0.723. The minimum atomic E-state index is -0.208. The zero-order valence-corrected chi connectivity index (χ0v) is 13.1. The number of fused-ring (bicyclic) bond motifs is 1. The Morgan fingerprint density at radius 3 is 2.89 bits per heavy atom. The molecular formula is C15H13ClINO. The molecule has 2 aromatic carbocycles. The normalized spacial score (nSPS) is 14.9. The Morgan fingerprint density at radius 2 is 2.11 bits per heavy atom. The molecule has 0 aromatic heterocycles. The summed E-state index contributed by atoms with van der Waals surface area (Å²) in [6, 6.07) is 11.9. The molecule has 19 heavy (non-hydrogen) atoms. The van der Waals surface area contributed by atoms with E-state index in [9.17, 15) is 0 Å². The molecule has 3 rings (SSSR count). The smallest absolute Gasteiger partial charge is 0.127 e. The average Bonchev–Trinajstić information content (AvgIpc) is 2.85. The number of ether oxygens (including phenoxy) is 1. The minimum Gasteiger partial charge on any atom is -0.493 e. The summed E-state index contributed by atoms with van der Waals surface area (Å²) >= 11 is 8.47. The summed E-state index contributed by atoms with van der Waals surface area (Å²) < 4.78 is 6.89. The topological polar surface area (TPSA) is 35.2 Å². The molecule has 1 heterocycles. The van der Waals surface area contributed by atoms with Crippen molar-refractivity contribution in [3.8, 4) is 5.75 Å². The van der Waals surface area contributed by atoms with Crippen LogP contribution in [-0.2, 0) is 6.42 Å². The van der Waals surface area contributed by atoms with Crippen molar-refractivity contribution >= 4 is 34.2 Å². The molecular weight excluding hydrogens is 373 g/mol. The lowest BCUT2D eigenvalue weighted by Gasteiger charge is -2.17. The van der Waals surface area contributed by atoms with Crippen LogP contribution in [0.1, 0.15) is 22.7 Å². The number of rotatable bonds is 2. The molecule has 0 saturated heterocycles. The predicted molar refractivity (Wildman–Crippen MR) is 85.8 cm³/mol. The van der Waals surface area contributed by atoms with Gasteiger partial charge in [0.2, 0.25) is 0 Å². The highest BCUT2D eigenvalue weighted by molar-refractivity contribution is 14.1. The van der Waals surface area contributed by atoms with E-state index in [2.05, 4.69) is 34.7 Å². The second-order valence-corrected chi connectivity index (χ2v) is 6.30. The van der Waals surface area contributed by atoms with E-state index in [4.69, 9.17) is 22.1 Å². The van der Waals surface area contributed by atoms with E-state index in [0.717, 1.165) is 33.9 Å². The van der Waals surface area contributed by atoms with Gasteiger partial charge in [-0.05, 0) is 58.0 Å². The van der Waals surface area contributed by atoms with E-state index in [0.29, 0.717) is 6.61 Å². The average molecular weight is 386 g/mol. The van der Waals surface area contributed by atoms with Crippen molar-refractivity contribution in [2.24, 2.45) is 5.73 Å². The largest absolute Gasteiger partial charge is 0.493 e. The monoisotopic (exact) mass is 385 g/mol. The van der Waals surface area contributed by atoms with E-state index in [-0.39, 0.29) is 6.04 Å². The van der Waals surface area contributed by atoms with Crippen molar-refractivity contribution in [3.63, 3.8) is 0 Å². The van der Waals surface area contributed by atoms with Gasteiger partial charge in [0.15, 0.2) is 0 Å². The summed E-state index contributed by atoms with van der Waals surface area (Å²) in [5.41, 5.74) is 9.59. The molecule has 1 aliphatic heterocycles. The van der Waals surface area contributed by atoms with Gasteiger partial charge in [0, 0.05) is 20.6 Å². The molecule has 4 heteroatoms. The van der Waals surface area contributed by atoms with Crippen molar-refractivity contribution in [1.82, 2.24) is 0 Å². The Morgan fingerprint density at radius 1 is 1.26 bits per heavy atom. The summed E-state index contributed by atoms with van der Waals surface area (Å²) in [5.74, 6) is 0.913. The van der Waals surface area contributed by atoms with Gasteiger partial charge in [-0.15, -0.1) is 0 Å². The number of nitrogens with two attached hydrogens (primary N) is 1. The highest BCUT2D eigenvalue weighted by Crippen LogP contribution is 2.37. The Kier molecular flexibility index (Phi) is 3.69. The predicted octanol–water partition coefficient (Wildman–Crippen LogP) is 3.93. The molecule has 2 aromatic rings. The van der Waals surface area contributed by atoms with E-state index in [1.54, 1.807) is 0 Å². The highest BCUT2D eigenvalue weighted by Gasteiger charge is 2.22. The van der Waals surface area contributed by atoms with E-state index in [1.807, 2.05) is 24.3 Å². The molecule has 0 aliphatic carbocycles. The van der Waals surface area contributed by atoms with Gasteiger partial charge in [-0.1, -0.05) is 23.7 Å². The Hall–Kier alpha value is -0.780. The summed E-state index contributed by atoms with van der Waals surface area (Å²) in [4.78, 5) is 0. The molecule has 98 valence electrons. The lowest BCUT2D eigenvalue weighted by atomic mass is 9.96. The molecule has 0 fully saturated rings. The van der Waals surface area contributed by atoms with Crippen molar-refractivity contribution in [2.75, 3.05) is 6.61 Å². The maximum Gasteiger partial charge on any atom is 0.127 e. The molecule has 0 amide bonds. The van der Waals surface area contributed by atoms with Gasteiger partial charge in [-0.2, -0.15) is 0 Å². The fourth-order valence-electron chi connectivity index (χ4n) is 2.41. The first kappa shape index (κ1) is 13.2. The first-order valence-electron chi connectivity index (χ1n) is 6.11. The van der Waals surface area contributed by atoms with Crippen LogP contribution in [0.4, 0.5) is 0 Å². The summed E-state index contributed by atoms with van der Waals surface area (Å²) in [6.07, 6.45) is 0.905. The number of halogens is 2. The number of benzene rings is 2. The molecule has 2 nitrogen and oxygen atoms in total. The second-order valence-electron chi connectivity index (χ2n) is 4.61. The van der Waals surface area contributed by atoms with Crippen LogP contribution in [0.25, 0.3) is 0 Å². The maximum absolute atomic E-state index is 6.39. The van der Waals surface area contributed by atoms with Crippen LogP contribution in [0, 0.1) is 3.57 Å².